The molecule has 4 nitrogen and oxygen atoms in total. The molecule has 1 aromatic rings. The number of aliphatic hydroxyl groups is 1. The van der Waals surface area contributed by atoms with Crippen LogP contribution in [0.3, 0.4) is 0 Å². The molecule has 4 heteroatoms. The topological polar surface area (TPSA) is 68.4 Å². The van der Waals surface area contributed by atoms with Gasteiger partial charge in [0.15, 0.2) is 0 Å². The van der Waals surface area contributed by atoms with E-state index in [4.69, 9.17) is 10.5 Å². The summed E-state index contributed by atoms with van der Waals surface area (Å²) in [6.07, 6.45) is 1.70. The molecular formula is C11H18N2O2. The predicted octanol–water partition coefficient (Wildman–Crippen LogP) is 0.607. The molecule has 0 aliphatic carbocycles. The second kappa shape index (κ2) is 4.59. The molecule has 84 valence electrons. The van der Waals surface area contributed by atoms with E-state index in [1.807, 2.05) is 19.9 Å². The van der Waals surface area contributed by atoms with Crippen molar-refractivity contribution >= 4 is 0 Å². The Morgan fingerprint density at radius 3 is 2.67 bits per heavy atom. The predicted molar refractivity (Wildman–Crippen MR) is 59.0 cm³/mol. The quantitative estimate of drug-likeness (QED) is 0.764. The Morgan fingerprint density at radius 2 is 2.27 bits per heavy atom. The molecule has 1 rings (SSSR count). The Labute approximate surface area is 90.1 Å². The number of rotatable bonds is 4. The SMILES string of the molecule is COc1ncc(C(C)(CN)CO)cc1C. The molecule has 1 unspecified atom stereocenters. The van der Waals surface area contributed by atoms with Crippen LogP contribution in [0, 0.1) is 6.92 Å². The monoisotopic (exact) mass is 210 g/mol. The summed E-state index contributed by atoms with van der Waals surface area (Å²) in [4.78, 5) is 4.17. The van der Waals surface area contributed by atoms with Gasteiger partial charge in [-0.3, -0.25) is 0 Å². The van der Waals surface area contributed by atoms with Crippen LogP contribution in [0.5, 0.6) is 5.88 Å². The first kappa shape index (κ1) is 11.9. The molecule has 1 heterocycles. The van der Waals surface area contributed by atoms with Gasteiger partial charge in [0.2, 0.25) is 5.88 Å². The van der Waals surface area contributed by atoms with Crippen LogP contribution in [0.15, 0.2) is 12.3 Å². The van der Waals surface area contributed by atoms with E-state index in [-0.39, 0.29) is 6.61 Å². The standard InChI is InChI=1S/C11H18N2O2/c1-8-4-9(5-13-10(8)15-3)11(2,6-12)7-14/h4-5,14H,6-7,12H2,1-3H3. The van der Waals surface area contributed by atoms with E-state index in [0.29, 0.717) is 12.4 Å². The highest BCUT2D eigenvalue weighted by molar-refractivity contribution is 5.33. The fourth-order valence-electron chi connectivity index (χ4n) is 1.38. The molecule has 0 aromatic carbocycles. The smallest absolute Gasteiger partial charge is 0.215 e. The molecule has 0 spiro atoms. The van der Waals surface area contributed by atoms with Gasteiger partial charge in [0.1, 0.15) is 0 Å². The van der Waals surface area contributed by atoms with Gasteiger partial charge in [0.25, 0.3) is 0 Å². The largest absolute Gasteiger partial charge is 0.481 e. The molecule has 0 amide bonds. The van der Waals surface area contributed by atoms with Gasteiger partial charge in [-0.05, 0) is 18.6 Å². The minimum absolute atomic E-state index is 0.0109. The van der Waals surface area contributed by atoms with Crippen LogP contribution < -0.4 is 10.5 Å². The van der Waals surface area contributed by atoms with E-state index >= 15 is 0 Å². The lowest BCUT2D eigenvalue weighted by atomic mass is 9.84. The minimum atomic E-state index is -0.427. The van der Waals surface area contributed by atoms with E-state index in [1.54, 1.807) is 13.3 Å². The zero-order chi connectivity index (χ0) is 11.5. The van der Waals surface area contributed by atoms with E-state index in [9.17, 15) is 5.11 Å². The average molecular weight is 210 g/mol. The Kier molecular flexibility index (Phi) is 3.66. The van der Waals surface area contributed by atoms with Crippen LogP contribution in [-0.4, -0.2) is 30.4 Å². The molecule has 15 heavy (non-hydrogen) atoms. The number of pyridine rings is 1. The fraction of sp³-hybridized carbons (Fsp3) is 0.545. The number of aryl methyl sites for hydroxylation is 1. The minimum Gasteiger partial charge on any atom is -0.481 e. The van der Waals surface area contributed by atoms with Gasteiger partial charge in [-0.25, -0.2) is 4.98 Å². The first-order valence-corrected chi connectivity index (χ1v) is 4.89. The fourth-order valence-corrected chi connectivity index (χ4v) is 1.38. The normalized spacial score (nSPS) is 14.7. The van der Waals surface area contributed by atoms with Crippen molar-refractivity contribution in [3.63, 3.8) is 0 Å². The Bertz CT molecular complexity index is 335. The molecule has 1 aromatic heterocycles. The highest BCUT2D eigenvalue weighted by Gasteiger charge is 2.25. The molecule has 0 aliphatic heterocycles. The Hall–Kier alpha value is -1.13. The maximum absolute atomic E-state index is 9.32. The van der Waals surface area contributed by atoms with E-state index in [0.717, 1.165) is 11.1 Å². The number of aromatic nitrogens is 1. The third-order valence-corrected chi connectivity index (χ3v) is 2.72. The molecule has 1 atom stereocenters. The zero-order valence-electron chi connectivity index (χ0n) is 9.45. The molecule has 0 saturated carbocycles. The van der Waals surface area contributed by atoms with E-state index < -0.39 is 5.41 Å². The molecule has 0 aliphatic rings. The van der Waals surface area contributed by atoms with Crippen molar-refractivity contribution in [1.29, 1.82) is 0 Å². The van der Waals surface area contributed by atoms with Crippen LogP contribution in [0.2, 0.25) is 0 Å². The molecule has 0 radical (unpaired) electrons. The first-order chi connectivity index (χ1) is 7.07. The van der Waals surface area contributed by atoms with Crippen LogP contribution in [0.25, 0.3) is 0 Å². The number of hydrogen-bond acceptors (Lipinski definition) is 4. The van der Waals surface area contributed by atoms with Crippen molar-refractivity contribution in [2.24, 2.45) is 5.73 Å². The lowest BCUT2D eigenvalue weighted by Crippen LogP contribution is -2.35. The maximum atomic E-state index is 9.32. The van der Waals surface area contributed by atoms with Gasteiger partial charge in [0, 0.05) is 23.7 Å². The molecule has 0 bridgehead atoms. The van der Waals surface area contributed by atoms with Crippen molar-refractivity contribution < 1.29 is 9.84 Å². The van der Waals surface area contributed by atoms with Crippen LogP contribution in [0.1, 0.15) is 18.1 Å². The summed E-state index contributed by atoms with van der Waals surface area (Å²) in [5.41, 5.74) is 7.11. The van der Waals surface area contributed by atoms with Crippen LogP contribution in [-0.2, 0) is 5.41 Å². The summed E-state index contributed by atoms with van der Waals surface area (Å²) in [5.74, 6) is 0.607. The van der Waals surface area contributed by atoms with Crippen molar-refractivity contribution in [2.45, 2.75) is 19.3 Å². The summed E-state index contributed by atoms with van der Waals surface area (Å²) in [6.45, 7) is 4.23. The number of nitrogens with zero attached hydrogens (tertiary/aromatic N) is 1. The second-order valence-electron chi connectivity index (χ2n) is 3.97. The molecule has 0 saturated heterocycles. The maximum Gasteiger partial charge on any atom is 0.215 e. The van der Waals surface area contributed by atoms with Gasteiger partial charge < -0.3 is 15.6 Å². The second-order valence-corrected chi connectivity index (χ2v) is 3.97. The van der Waals surface area contributed by atoms with Crippen LogP contribution >= 0.6 is 0 Å². The molecular weight excluding hydrogens is 192 g/mol. The number of hydrogen-bond donors (Lipinski definition) is 2. The van der Waals surface area contributed by atoms with Crippen LogP contribution in [0.4, 0.5) is 0 Å². The summed E-state index contributed by atoms with van der Waals surface area (Å²) in [7, 11) is 1.59. The highest BCUT2D eigenvalue weighted by atomic mass is 16.5. The lowest BCUT2D eigenvalue weighted by Gasteiger charge is -2.26. The highest BCUT2D eigenvalue weighted by Crippen LogP contribution is 2.25. The van der Waals surface area contributed by atoms with Gasteiger partial charge in [-0.15, -0.1) is 0 Å². The summed E-state index contributed by atoms with van der Waals surface area (Å²) in [6, 6.07) is 1.95. The summed E-state index contributed by atoms with van der Waals surface area (Å²) < 4.78 is 5.08. The molecule has 0 fully saturated rings. The number of nitrogens with two attached hydrogens (primary N) is 1. The first-order valence-electron chi connectivity index (χ1n) is 4.89. The average Bonchev–Trinajstić information content (AvgIpc) is 2.28. The number of ether oxygens (including phenoxy) is 1. The van der Waals surface area contributed by atoms with Gasteiger partial charge >= 0.3 is 0 Å². The lowest BCUT2D eigenvalue weighted by molar-refractivity contribution is 0.210. The van der Waals surface area contributed by atoms with E-state index in [1.165, 1.54) is 0 Å². The van der Waals surface area contributed by atoms with Gasteiger partial charge in [0.05, 0.1) is 13.7 Å². The van der Waals surface area contributed by atoms with Gasteiger partial charge in [-0.1, -0.05) is 6.92 Å². The van der Waals surface area contributed by atoms with Crippen molar-refractivity contribution in [2.75, 3.05) is 20.3 Å². The number of methoxy groups -OCH3 is 1. The van der Waals surface area contributed by atoms with Crippen molar-refractivity contribution in [1.82, 2.24) is 4.98 Å². The summed E-state index contributed by atoms with van der Waals surface area (Å²) in [5, 5.41) is 9.32. The number of aliphatic hydroxyl groups excluding tert-OH is 1. The Morgan fingerprint density at radius 1 is 1.60 bits per heavy atom. The molecule has 3 N–H and O–H groups in total. The zero-order valence-corrected chi connectivity index (χ0v) is 9.45. The van der Waals surface area contributed by atoms with E-state index in [2.05, 4.69) is 4.98 Å². The van der Waals surface area contributed by atoms with Crippen molar-refractivity contribution in [3.05, 3.63) is 23.4 Å². The third-order valence-electron chi connectivity index (χ3n) is 2.72. The summed E-state index contributed by atoms with van der Waals surface area (Å²) >= 11 is 0. The Balaban J connectivity index is 3.11. The van der Waals surface area contributed by atoms with Crippen molar-refractivity contribution in [3.8, 4) is 5.88 Å². The van der Waals surface area contributed by atoms with Gasteiger partial charge in [-0.2, -0.15) is 0 Å². The third kappa shape index (κ3) is 2.27.